The van der Waals surface area contributed by atoms with Crippen molar-refractivity contribution in [1.29, 1.82) is 0 Å². The molecule has 10 heteroatoms. The van der Waals surface area contributed by atoms with Crippen LogP contribution < -0.4 is 10.2 Å². The fourth-order valence-corrected chi connectivity index (χ4v) is 2.48. The molecule has 34 heavy (non-hydrogen) atoms. The molecular weight excluding hydrogens is 445 g/mol. The van der Waals surface area contributed by atoms with E-state index >= 15 is 0 Å². The molecule has 0 aliphatic heterocycles. The molecular formula is C24H32FN3O6. The molecule has 0 radical (unpaired) electrons. The number of nitro groups is 1. The van der Waals surface area contributed by atoms with E-state index in [1.54, 1.807) is 26.8 Å². The molecule has 186 valence electrons. The summed E-state index contributed by atoms with van der Waals surface area (Å²) in [7, 11) is 0. The van der Waals surface area contributed by atoms with Crippen molar-refractivity contribution in [2.24, 2.45) is 0 Å². The summed E-state index contributed by atoms with van der Waals surface area (Å²) in [6.07, 6.45) is -0.895. The lowest BCUT2D eigenvalue weighted by Gasteiger charge is -2.23. The first kappa shape index (κ1) is 30.2. The lowest BCUT2D eigenvalue weighted by molar-refractivity contribution is -0.385. The maximum Gasteiger partial charge on any atom is 0.408 e. The summed E-state index contributed by atoms with van der Waals surface area (Å²) >= 11 is 0. The highest BCUT2D eigenvalue weighted by atomic mass is 19.1. The molecule has 2 rings (SSSR count). The Balaban J connectivity index is 0.00000258. The van der Waals surface area contributed by atoms with E-state index in [0.29, 0.717) is 4.90 Å². The normalized spacial score (nSPS) is 9.88. The molecule has 3 amide bonds. The molecule has 0 spiro atoms. The second kappa shape index (κ2) is 14.4. The highest BCUT2D eigenvalue weighted by molar-refractivity contribution is 6.23. The smallest absolute Gasteiger partial charge is 0.408 e. The van der Waals surface area contributed by atoms with Gasteiger partial charge in [-0.3, -0.25) is 19.7 Å². The van der Waals surface area contributed by atoms with Crippen molar-refractivity contribution in [3.8, 4) is 0 Å². The minimum atomic E-state index is -1.23. The molecule has 1 N–H and O–H groups in total. The Kier molecular flexibility index (Phi) is 12.7. The quantitative estimate of drug-likeness (QED) is 0.450. The number of halogens is 1. The van der Waals surface area contributed by atoms with Gasteiger partial charge in [-0.1, -0.05) is 52.0 Å². The number of nitro benzene ring substituents is 1. The first-order chi connectivity index (χ1) is 16.0. The van der Waals surface area contributed by atoms with E-state index in [1.807, 2.05) is 27.7 Å². The number of nitrogens with zero attached hydrogens (tertiary/aromatic N) is 2. The van der Waals surface area contributed by atoms with Crippen molar-refractivity contribution in [3.05, 3.63) is 70.0 Å². The molecule has 0 unspecified atom stereocenters. The Labute approximate surface area is 199 Å². The number of amides is 3. The van der Waals surface area contributed by atoms with Crippen LogP contribution >= 0.6 is 0 Å². The van der Waals surface area contributed by atoms with Gasteiger partial charge >= 0.3 is 6.09 Å². The zero-order valence-electron chi connectivity index (χ0n) is 20.5. The summed E-state index contributed by atoms with van der Waals surface area (Å²) in [6, 6.07) is 10.4. The third-order valence-corrected chi connectivity index (χ3v) is 3.65. The van der Waals surface area contributed by atoms with E-state index in [0.717, 1.165) is 18.2 Å². The molecule has 0 heterocycles. The van der Waals surface area contributed by atoms with E-state index in [2.05, 4.69) is 5.32 Å². The number of imide groups is 1. The standard InChI is InChI=1S/C20H20FN3O6.2C2H6/c1-20(2,3)30-19(27)22-12-16(25)23(13-8-5-4-6-9-13)18(26)17-14(21)10-7-11-15(17)24(28)29;2*1-2/h4-11H,12H2,1-3H3,(H,22,27);2*1-2H3. The van der Waals surface area contributed by atoms with Gasteiger partial charge in [0.05, 0.1) is 10.6 Å². The molecule has 0 aromatic heterocycles. The van der Waals surface area contributed by atoms with Crippen LogP contribution in [-0.2, 0) is 9.53 Å². The van der Waals surface area contributed by atoms with Gasteiger partial charge in [0.1, 0.15) is 18.0 Å². The zero-order chi connectivity index (χ0) is 26.5. The Morgan fingerprint density at radius 2 is 1.56 bits per heavy atom. The van der Waals surface area contributed by atoms with Crippen LogP contribution in [0.5, 0.6) is 0 Å². The van der Waals surface area contributed by atoms with Crippen LogP contribution in [0.4, 0.5) is 20.6 Å². The molecule has 0 fully saturated rings. The molecule has 0 bridgehead atoms. The first-order valence-corrected chi connectivity index (χ1v) is 10.8. The fraction of sp³-hybridized carbons (Fsp3) is 0.375. The highest BCUT2D eigenvalue weighted by Crippen LogP contribution is 2.26. The van der Waals surface area contributed by atoms with Crippen molar-refractivity contribution in [2.45, 2.75) is 54.1 Å². The minimum Gasteiger partial charge on any atom is -0.444 e. The predicted octanol–water partition coefficient (Wildman–Crippen LogP) is 5.48. The number of rotatable bonds is 5. The average Bonchev–Trinajstić information content (AvgIpc) is 2.80. The topological polar surface area (TPSA) is 119 Å². The first-order valence-electron chi connectivity index (χ1n) is 10.8. The van der Waals surface area contributed by atoms with E-state index < -0.39 is 52.0 Å². The number of carbonyl (C=O) groups excluding carboxylic acids is 3. The number of nitrogens with one attached hydrogen (secondary N) is 1. The summed E-state index contributed by atoms with van der Waals surface area (Å²) in [4.78, 5) is 48.5. The van der Waals surface area contributed by atoms with Gasteiger partial charge in [0, 0.05) is 6.07 Å². The van der Waals surface area contributed by atoms with Gasteiger partial charge in [-0.05, 0) is 39.0 Å². The van der Waals surface area contributed by atoms with Crippen LogP contribution in [0.25, 0.3) is 0 Å². The number of anilines is 1. The zero-order valence-corrected chi connectivity index (χ0v) is 20.5. The molecule has 2 aromatic carbocycles. The van der Waals surface area contributed by atoms with Crippen molar-refractivity contribution >= 4 is 29.3 Å². The van der Waals surface area contributed by atoms with E-state index in [9.17, 15) is 28.9 Å². The van der Waals surface area contributed by atoms with E-state index in [-0.39, 0.29) is 5.69 Å². The van der Waals surface area contributed by atoms with Crippen LogP contribution in [0.1, 0.15) is 58.8 Å². The lowest BCUT2D eigenvalue weighted by atomic mass is 10.1. The van der Waals surface area contributed by atoms with Crippen LogP contribution in [0.3, 0.4) is 0 Å². The summed E-state index contributed by atoms with van der Waals surface area (Å²) in [5.41, 5.74) is -2.41. The van der Waals surface area contributed by atoms with Gasteiger partial charge < -0.3 is 10.1 Å². The molecule has 0 aliphatic carbocycles. The second-order valence-corrected chi connectivity index (χ2v) is 7.12. The van der Waals surface area contributed by atoms with Crippen molar-refractivity contribution in [3.63, 3.8) is 0 Å². The third-order valence-electron chi connectivity index (χ3n) is 3.65. The minimum absolute atomic E-state index is 0.0519. The maximum atomic E-state index is 14.3. The largest absolute Gasteiger partial charge is 0.444 e. The Morgan fingerprint density at radius 3 is 2.06 bits per heavy atom. The number of benzene rings is 2. The Morgan fingerprint density at radius 1 is 1.00 bits per heavy atom. The van der Waals surface area contributed by atoms with Gasteiger partial charge in [-0.2, -0.15) is 0 Å². The highest BCUT2D eigenvalue weighted by Gasteiger charge is 2.33. The van der Waals surface area contributed by atoms with Gasteiger partial charge in [-0.25, -0.2) is 14.1 Å². The molecule has 0 atom stereocenters. The van der Waals surface area contributed by atoms with E-state index in [4.69, 9.17) is 4.74 Å². The Hall–Kier alpha value is -3.82. The number of hydrogen-bond acceptors (Lipinski definition) is 6. The lowest BCUT2D eigenvalue weighted by Crippen LogP contribution is -2.45. The molecule has 0 aliphatic rings. The second-order valence-electron chi connectivity index (χ2n) is 7.12. The molecule has 2 aromatic rings. The number of hydrogen-bond donors (Lipinski definition) is 1. The monoisotopic (exact) mass is 477 g/mol. The van der Waals surface area contributed by atoms with Gasteiger partial charge in [0.2, 0.25) is 0 Å². The average molecular weight is 478 g/mol. The summed E-state index contributed by atoms with van der Waals surface area (Å²) in [5, 5.41) is 13.5. The Bertz CT molecular complexity index is 974. The molecule has 0 saturated carbocycles. The summed E-state index contributed by atoms with van der Waals surface area (Å²) in [6.45, 7) is 12.2. The number of alkyl carbamates (subject to hydrolysis) is 1. The number of carbonyl (C=O) groups is 3. The maximum absolute atomic E-state index is 14.3. The summed E-state index contributed by atoms with van der Waals surface area (Å²) in [5.74, 6) is -3.32. The number of para-hydroxylation sites is 1. The van der Waals surface area contributed by atoms with Crippen LogP contribution in [0.15, 0.2) is 48.5 Å². The third kappa shape index (κ3) is 8.97. The summed E-state index contributed by atoms with van der Waals surface area (Å²) < 4.78 is 19.4. The SMILES string of the molecule is CC.CC.CC(C)(C)OC(=O)NCC(=O)N(C(=O)c1c(F)cccc1[N+](=O)[O-])c1ccccc1. The fourth-order valence-electron chi connectivity index (χ4n) is 2.48. The van der Waals surface area contributed by atoms with Gasteiger partial charge in [0.25, 0.3) is 17.5 Å². The van der Waals surface area contributed by atoms with E-state index in [1.165, 1.54) is 24.3 Å². The van der Waals surface area contributed by atoms with Gasteiger partial charge in [-0.15, -0.1) is 0 Å². The molecule has 9 nitrogen and oxygen atoms in total. The van der Waals surface area contributed by atoms with Crippen LogP contribution in [0.2, 0.25) is 0 Å². The van der Waals surface area contributed by atoms with Crippen LogP contribution in [0, 0.1) is 15.9 Å². The van der Waals surface area contributed by atoms with Crippen LogP contribution in [-0.4, -0.2) is 35.0 Å². The van der Waals surface area contributed by atoms with Gasteiger partial charge in [0.15, 0.2) is 5.56 Å². The number of ether oxygens (including phenoxy) is 1. The van der Waals surface area contributed by atoms with Crippen molar-refractivity contribution < 1.29 is 28.4 Å². The van der Waals surface area contributed by atoms with Crippen molar-refractivity contribution in [1.82, 2.24) is 5.32 Å². The van der Waals surface area contributed by atoms with Crippen molar-refractivity contribution in [2.75, 3.05) is 11.4 Å². The molecule has 0 saturated heterocycles. The predicted molar refractivity (Wildman–Crippen MR) is 128 cm³/mol.